The molecule has 18 heavy (non-hydrogen) atoms. The van der Waals surface area contributed by atoms with E-state index in [0.29, 0.717) is 25.6 Å². The number of ether oxygens (including phenoxy) is 2. The zero-order valence-corrected chi connectivity index (χ0v) is 11.8. The molecule has 0 amide bonds. The lowest BCUT2D eigenvalue weighted by Gasteiger charge is -2.27. The second-order valence-corrected chi connectivity index (χ2v) is 5.21. The van der Waals surface area contributed by atoms with Crippen molar-refractivity contribution >= 4 is 0 Å². The Morgan fingerprint density at radius 2 is 1.89 bits per heavy atom. The summed E-state index contributed by atoms with van der Waals surface area (Å²) in [4.78, 5) is 0. The molecule has 0 aliphatic carbocycles. The Balaban J connectivity index is 2.86. The van der Waals surface area contributed by atoms with Gasteiger partial charge in [-0.2, -0.15) is 0 Å². The Bertz CT molecular complexity index is 359. The Kier molecular flexibility index (Phi) is 5.63. The average Bonchev–Trinajstić information content (AvgIpc) is 2.28. The fourth-order valence-corrected chi connectivity index (χ4v) is 2.18. The highest BCUT2D eigenvalue weighted by Gasteiger charge is 2.27. The quantitative estimate of drug-likeness (QED) is 0.758. The first kappa shape index (κ1) is 15.0. The monoisotopic (exact) mass is 252 g/mol. The minimum atomic E-state index is -0.863. The van der Waals surface area contributed by atoms with Crippen LogP contribution in [0.4, 0.5) is 0 Å². The first-order valence-electron chi connectivity index (χ1n) is 6.41. The van der Waals surface area contributed by atoms with Gasteiger partial charge in [0.2, 0.25) is 0 Å². The standard InChI is InChI=1S/C15H24O3/c1-12(2)11-15(3,16)13-7-5-6-8-14(13)18-10-9-17-4/h5-8,12,16H,9-11H2,1-4H3. The predicted molar refractivity (Wildman–Crippen MR) is 72.8 cm³/mol. The summed E-state index contributed by atoms with van der Waals surface area (Å²) in [5.74, 6) is 1.16. The van der Waals surface area contributed by atoms with Gasteiger partial charge < -0.3 is 14.6 Å². The summed E-state index contributed by atoms with van der Waals surface area (Å²) in [6.07, 6.45) is 0.706. The molecule has 0 bridgehead atoms. The summed E-state index contributed by atoms with van der Waals surface area (Å²) in [5.41, 5.74) is -0.0209. The van der Waals surface area contributed by atoms with Gasteiger partial charge in [0.15, 0.2) is 0 Å². The maximum Gasteiger partial charge on any atom is 0.125 e. The molecule has 0 saturated heterocycles. The zero-order valence-electron chi connectivity index (χ0n) is 11.8. The topological polar surface area (TPSA) is 38.7 Å². The van der Waals surface area contributed by atoms with Crippen LogP contribution >= 0.6 is 0 Å². The molecule has 3 nitrogen and oxygen atoms in total. The number of benzene rings is 1. The van der Waals surface area contributed by atoms with Gasteiger partial charge in [0, 0.05) is 12.7 Å². The molecule has 1 aromatic carbocycles. The Morgan fingerprint density at radius 1 is 1.22 bits per heavy atom. The van der Waals surface area contributed by atoms with Gasteiger partial charge in [-0.25, -0.2) is 0 Å². The normalized spacial score (nSPS) is 14.6. The molecule has 3 heteroatoms. The number of hydrogen-bond acceptors (Lipinski definition) is 3. The van der Waals surface area contributed by atoms with Crippen LogP contribution < -0.4 is 4.74 Å². The molecule has 0 fully saturated rings. The molecular weight excluding hydrogens is 228 g/mol. The van der Waals surface area contributed by atoms with Crippen molar-refractivity contribution in [3.8, 4) is 5.75 Å². The van der Waals surface area contributed by atoms with E-state index in [9.17, 15) is 5.11 Å². The van der Waals surface area contributed by atoms with Crippen LogP contribution in [0, 0.1) is 5.92 Å². The maximum atomic E-state index is 10.6. The SMILES string of the molecule is COCCOc1ccccc1C(C)(O)CC(C)C. The number of hydrogen-bond donors (Lipinski definition) is 1. The summed E-state index contributed by atoms with van der Waals surface area (Å²) in [6.45, 7) is 7.07. The minimum absolute atomic E-state index is 0.423. The molecule has 1 aromatic rings. The van der Waals surface area contributed by atoms with E-state index >= 15 is 0 Å². The third kappa shape index (κ3) is 4.31. The van der Waals surface area contributed by atoms with E-state index < -0.39 is 5.60 Å². The molecule has 0 saturated carbocycles. The molecule has 0 spiro atoms. The number of para-hydroxylation sites is 1. The van der Waals surface area contributed by atoms with E-state index in [1.54, 1.807) is 7.11 Å². The van der Waals surface area contributed by atoms with Gasteiger partial charge in [-0.1, -0.05) is 32.0 Å². The van der Waals surface area contributed by atoms with Gasteiger partial charge >= 0.3 is 0 Å². The van der Waals surface area contributed by atoms with Crippen LogP contribution in [0.15, 0.2) is 24.3 Å². The van der Waals surface area contributed by atoms with E-state index in [2.05, 4.69) is 13.8 Å². The molecule has 1 N–H and O–H groups in total. The van der Waals surface area contributed by atoms with Gasteiger partial charge in [-0.15, -0.1) is 0 Å². The van der Waals surface area contributed by atoms with Crippen LogP contribution in [0.3, 0.4) is 0 Å². The van der Waals surface area contributed by atoms with Crippen LogP contribution in [0.2, 0.25) is 0 Å². The van der Waals surface area contributed by atoms with Crippen LogP contribution in [0.5, 0.6) is 5.75 Å². The molecule has 1 atom stereocenters. The zero-order chi connectivity index (χ0) is 13.6. The van der Waals surface area contributed by atoms with Crippen molar-refractivity contribution in [2.24, 2.45) is 5.92 Å². The maximum absolute atomic E-state index is 10.6. The summed E-state index contributed by atoms with van der Waals surface area (Å²) in [6, 6.07) is 7.65. The molecule has 0 radical (unpaired) electrons. The molecule has 1 rings (SSSR count). The summed E-state index contributed by atoms with van der Waals surface area (Å²) >= 11 is 0. The third-order valence-electron chi connectivity index (χ3n) is 2.82. The number of aliphatic hydroxyl groups is 1. The van der Waals surface area contributed by atoms with Gasteiger partial charge in [0.1, 0.15) is 12.4 Å². The second-order valence-electron chi connectivity index (χ2n) is 5.21. The van der Waals surface area contributed by atoms with Crippen LogP contribution in [-0.4, -0.2) is 25.4 Å². The van der Waals surface area contributed by atoms with Crippen LogP contribution in [-0.2, 0) is 10.3 Å². The van der Waals surface area contributed by atoms with Crippen LogP contribution in [0.25, 0.3) is 0 Å². The number of methoxy groups -OCH3 is 1. The third-order valence-corrected chi connectivity index (χ3v) is 2.82. The Labute approximate surface area is 110 Å². The first-order valence-corrected chi connectivity index (χ1v) is 6.41. The van der Waals surface area contributed by atoms with Crippen molar-refractivity contribution in [1.29, 1.82) is 0 Å². The van der Waals surface area contributed by atoms with Gasteiger partial charge in [-0.3, -0.25) is 0 Å². The lowest BCUT2D eigenvalue weighted by molar-refractivity contribution is 0.0311. The lowest BCUT2D eigenvalue weighted by atomic mass is 9.87. The highest BCUT2D eigenvalue weighted by Crippen LogP contribution is 2.34. The smallest absolute Gasteiger partial charge is 0.125 e. The fraction of sp³-hybridized carbons (Fsp3) is 0.600. The van der Waals surface area contributed by atoms with E-state index in [1.807, 2.05) is 31.2 Å². The van der Waals surface area contributed by atoms with E-state index in [1.165, 1.54) is 0 Å². The van der Waals surface area contributed by atoms with Gasteiger partial charge in [0.25, 0.3) is 0 Å². The van der Waals surface area contributed by atoms with Crippen molar-refractivity contribution in [3.05, 3.63) is 29.8 Å². The van der Waals surface area contributed by atoms with Crippen molar-refractivity contribution in [1.82, 2.24) is 0 Å². The fourth-order valence-electron chi connectivity index (χ4n) is 2.18. The Hall–Kier alpha value is -1.06. The van der Waals surface area contributed by atoms with E-state index in [-0.39, 0.29) is 0 Å². The average molecular weight is 252 g/mol. The van der Waals surface area contributed by atoms with Crippen molar-refractivity contribution in [2.45, 2.75) is 32.8 Å². The number of rotatable bonds is 7. The minimum Gasteiger partial charge on any atom is -0.491 e. The molecule has 0 aliphatic rings. The summed E-state index contributed by atoms with van der Waals surface area (Å²) < 4.78 is 10.6. The van der Waals surface area contributed by atoms with Gasteiger partial charge in [0.05, 0.1) is 12.2 Å². The van der Waals surface area contributed by atoms with Crippen molar-refractivity contribution in [3.63, 3.8) is 0 Å². The Morgan fingerprint density at radius 3 is 2.50 bits per heavy atom. The van der Waals surface area contributed by atoms with E-state index in [4.69, 9.17) is 9.47 Å². The second kappa shape index (κ2) is 6.76. The predicted octanol–water partition coefficient (Wildman–Crippen LogP) is 2.97. The summed E-state index contributed by atoms with van der Waals surface area (Å²) in [7, 11) is 1.64. The van der Waals surface area contributed by atoms with E-state index in [0.717, 1.165) is 11.3 Å². The molecule has 0 aliphatic heterocycles. The van der Waals surface area contributed by atoms with Crippen molar-refractivity contribution < 1.29 is 14.6 Å². The molecule has 0 aromatic heterocycles. The van der Waals surface area contributed by atoms with Gasteiger partial charge in [-0.05, 0) is 25.3 Å². The molecule has 0 heterocycles. The first-order chi connectivity index (χ1) is 8.47. The highest BCUT2D eigenvalue weighted by atomic mass is 16.5. The summed E-state index contributed by atoms with van der Waals surface area (Å²) in [5, 5.41) is 10.6. The molecule has 1 unspecified atom stereocenters. The molecule has 102 valence electrons. The largest absolute Gasteiger partial charge is 0.491 e. The molecular formula is C15H24O3. The lowest BCUT2D eigenvalue weighted by Crippen LogP contribution is -2.24. The van der Waals surface area contributed by atoms with Crippen molar-refractivity contribution in [2.75, 3.05) is 20.3 Å². The highest BCUT2D eigenvalue weighted by molar-refractivity contribution is 5.37. The van der Waals surface area contributed by atoms with Crippen LogP contribution in [0.1, 0.15) is 32.8 Å².